The standard InChI is InChI=1S/C20H27N5O3/c1-3-27-19-10-16(6-7-21-19)11-23-20(26)24-13-17-4-5-18(22-12-17)25-8-9-28-15(2)14-25/h4-7,10,12,15H,3,8-9,11,13-14H2,1-2H3,(H2,23,24,26). The number of nitrogens with one attached hydrogen (secondary N) is 2. The SMILES string of the molecule is CCOc1cc(CNC(=O)NCc2ccc(N3CCOC(C)C3)nc2)ccn1. The first kappa shape index (κ1) is 19.9. The fourth-order valence-corrected chi connectivity index (χ4v) is 2.95. The molecule has 1 saturated heterocycles. The van der Waals surface area contributed by atoms with Crippen molar-refractivity contribution in [2.24, 2.45) is 0 Å². The van der Waals surface area contributed by atoms with Crippen molar-refractivity contribution in [3.05, 3.63) is 47.8 Å². The Kier molecular flexibility index (Phi) is 7.02. The number of ether oxygens (including phenoxy) is 2. The Balaban J connectivity index is 1.43. The number of hydrogen-bond acceptors (Lipinski definition) is 6. The van der Waals surface area contributed by atoms with E-state index in [-0.39, 0.29) is 12.1 Å². The van der Waals surface area contributed by atoms with Crippen LogP contribution in [-0.2, 0) is 17.8 Å². The number of morpholine rings is 1. The third-order valence-corrected chi connectivity index (χ3v) is 4.37. The van der Waals surface area contributed by atoms with Gasteiger partial charge in [-0.2, -0.15) is 0 Å². The number of rotatable bonds is 7. The smallest absolute Gasteiger partial charge is 0.315 e. The van der Waals surface area contributed by atoms with E-state index in [2.05, 4.69) is 32.4 Å². The van der Waals surface area contributed by atoms with E-state index >= 15 is 0 Å². The van der Waals surface area contributed by atoms with E-state index in [0.29, 0.717) is 25.6 Å². The number of carbonyl (C=O) groups is 1. The predicted octanol–water partition coefficient (Wildman–Crippen LogP) is 2.10. The predicted molar refractivity (Wildman–Crippen MR) is 106 cm³/mol. The monoisotopic (exact) mass is 385 g/mol. The molecule has 0 aromatic carbocycles. The first-order chi connectivity index (χ1) is 13.6. The van der Waals surface area contributed by atoms with E-state index < -0.39 is 0 Å². The van der Waals surface area contributed by atoms with Crippen molar-refractivity contribution in [3.63, 3.8) is 0 Å². The van der Waals surface area contributed by atoms with Gasteiger partial charge in [-0.05, 0) is 37.1 Å². The molecule has 0 aliphatic carbocycles. The minimum absolute atomic E-state index is 0.214. The lowest BCUT2D eigenvalue weighted by Gasteiger charge is -2.32. The Morgan fingerprint density at radius 1 is 1.25 bits per heavy atom. The zero-order valence-electron chi connectivity index (χ0n) is 16.4. The second kappa shape index (κ2) is 9.89. The van der Waals surface area contributed by atoms with Crippen LogP contribution in [0, 0.1) is 0 Å². The van der Waals surface area contributed by atoms with Gasteiger partial charge in [0.2, 0.25) is 5.88 Å². The summed E-state index contributed by atoms with van der Waals surface area (Å²) in [4.78, 5) is 22.9. The molecule has 0 saturated carbocycles. The molecule has 0 bridgehead atoms. The molecular formula is C20H27N5O3. The average Bonchev–Trinajstić information content (AvgIpc) is 2.72. The van der Waals surface area contributed by atoms with Gasteiger partial charge in [-0.15, -0.1) is 0 Å². The molecule has 1 fully saturated rings. The Morgan fingerprint density at radius 2 is 2.07 bits per heavy atom. The van der Waals surface area contributed by atoms with Crippen LogP contribution in [0.1, 0.15) is 25.0 Å². The summed E-state index contributed by atoms with van der Waals surface area (Å²) < 4.78 is 10.9. The summed E-state index contributed by atoms with van der Waals surface area (Å²) in [6.07, 6.45) is 3.68. The Hall–Kier alpha value is -2.87. The molecule has 8 heteroatoms. The van der Waals surface area contributed by atoms with Gasteiger partial charge in [0, 0.05) is 44.6 Å². The van der Waals surface area contributed by atoms with Crippen LogP contribution in [0.5, 0.6) is 5.88 Å². The van der Waals surface area contributed by atoms with Crippen LogP contribution in [-0.4, -0.2) is 48.4 Å². The topological polar surface area (TPSA) is 88.6 Å². The fraction of sp³-hybridized carbons (Fsp3) is 0.450. The molecule has 2 amide bonds. The van der Waals surface area contributed by atoms with Crippen molar-refractivity contribution in [1.29, 1.82) is 0 Å². The quantitative estimate of drug-likeness (QED) is 0.759. The van der Waals surface area contributed by atoms with Crippen LogP contribution in [0.4, 0.5) is 10.6 Å². The third kappa shape index (κ3) is 5.82. The van der Waals surface area contributed by atoms with E-state index in [4.69, 9.17) is 9.47 Å². The molecule has 0 spiro atoms. The molecule has 150 valence electrons. The van der Waals surface area contributed by atoms with Crippen molar-refractivity contribution in [2.45, 2.75) is 33.0 Å². The highest BCUT2D eigenvalue weighted by Crippen LogP contribution is 2.15. The molecule has 2 aromatic heterocycles. The van der Waals surface area contributed by atoms with Gasteiger partial charge in [-0.25, -0.2) is 14.8 Å². The number of pyridine rings is 2. The van der Waals surface area contributed by atoms with Gasteiger partial charge in [0.15, 0.2) is 0 Å². The van der Waals surface area contributed by atoms with Crippen LogP contribution >= 0.6 is 0 Å². The lowest BCUT2D eigenvalue weighted by molar-refractivity contribution is 0.0529. The maximum absolute atomic E-state index is 12.0. The molecule has 1 unspecified atom stereocenters. The maximum atomic E-state index is 12.0. The molecule has 1 aliphatic heterocycles. The molecule has 28 heavy (non-hydrogen) atoms. The molecule has 1 atom stereocenters. The van der Waals surface area contributed by atoms with Gasteiger partial charge in [-0.3, -0.25) is 0 Å². The van der Waals surface area contributed by atoms with Crippen LogP contribution in [0.25, 0.3) is 0 Å². The summed E-state index contributed by atoms with van der Waals surface area (Å²) in [5.41, 5.74) is 1.88. The third-order valence-electron chi connectivity index (χ3n) is 4.37. The van der Waals surface area contributed by atoms with E-state index in [1.165, 1.54) is 0 Å². The van der Waals surface area contributed by atoms with Crippen molar-refractivity contribution >= 4 is 11.8 Å². The van der Waals surface area contributed by atoms with Crippen molar-refractivity contribution in [1.82, 2.24) is 20.6 Å². The minimum atomic E-state index is -0.235. The highest BCUT2D eigenvalue weighted by molar-refractivity contribution is 5.73. The average molecular weight is 385 g/mol. The molecule has 1 aliphatic rings. The van der Waals surface area contributed by atoms with Gasteiger partial charge < -0.3 is 25.0 Å². The molecule has 3 rings (SSSR count). The summed E-state index contributed by atoms with van der Waals surface area (Å²) in [5.74, 6) is 1.49. The minimum Gasteiger partial charge on any atom is -0.478 e. The molecule has 3 heterocycles. The summed E-state index contributed by atoms with van der Waals surface area (Å²) in [5, 5.41) is 5.68. The molecule has 2 N–H and O–H groups in total. The van der Waals surface area contributed by atoms with Crippen LogP contribution in [0.15, 0.2) is 36.7 Å². The highest BCUT2D eigenvalue weighted by Gasteiger charge is 2.17. The summed E-state index contributed by atoms with van der Waals surface area (Å²) in [7, 11) is 0. The molecule has 0 radical (unpaired) electrons. The first-order valence-corrected chi connectivity index (χ1v) is 9.55. The van der Waals surface area contributed by atoms with Crippen LogP contribution < -0.4 is 20.3 Å². The largest absolute Gasteiger partial charge is 0.478 e. The number of urea groups is 1. The Bertz CT molecular complexity index is 769. The van der Waals surface area contributed by atoms with Gasteiger partial charge in [-0.1, -0.05) is 6.07 Å². The van der Waals surface area contributed by atoms with Crippen LogP contribution in [0.3, 0.4) is 0 Å². The Labute approximate surface area is 165 Å². The number of anilines is 1. The second-order valence-corrected chi connectivity index (χ2v) is 6.62. The van der Waals surface area contributed by atoms with E-state index in [1.54, 1.807) is 12.4 Å². The summed E-state index contributed by atoms with van der Waals surface area (Å²) in [6, 6.07) is 7.40. The van der Waals surface area contributed by atoms with Gasteiger partial charge >= 0.3 is 6.03 Å². The Morgan fingerprint density at radius 3 is 2.79 bits per heavy atom. The zero-order chi connectivity index (χ0) is 19.8. The van der Waals surface area contributed by atoms with Gasteiger partial charge in [0.25, 0.3) is 0 Å². The number of carbonyl (C=O) groups excluding carboxylic acids is 1. The normalized spacial score (nSPS) is 16.5. The van der Waals surface area contributed by atoms with E-state index in [0.717, 1.165) is 36.6 Å². The molecular weight excluding hydrogens is 358 g/mol. The summed E-state index contributed by atoms with van der Waals surface area (Å²) in [6.45, 7) is 7.75. The lowest BCUT2D eigenvalue weighted by atomic mass is 10.2. The fourth-order valence-electron chi connectivity index (χ4n) is 2.95. The zero-order valence-corrected chi connectivity index (χ0v) is 16.4. The summed E-state index contributed by atoms with van der Waals surface area (Å²) >= 11 is 0. The van der Waals surface area contributed by atoms with Crippen molar-refractivity contribution in [3.8, 4) is 5.88 Å². The maximum Gasteiger partial charge on any atom is 0.315 e. The lowest BCUT2D eigenvalue weighted by Crippen LogP contribution is -2.41. The number of amides is 2. The van der Waals surface area contributed by atoms with E-state index in [9.17, 15) is 4.79 Å². The molecule has 8 nitrogen and oxygen atoms in total. The first-order valence-electron chi connectivity index (χ1n) is 9.55. The van der Waals surface area contributed by atoms with Crippen LogP contribution in [0.2, 0.25) is 0 Å². The second-order valence-electron chi connectivity index (χ2n) is 6.62. The van der Waals surface area contributed by atoms with Gasteiger partial charge in [0.1, 0.15) is 5.82 Å². The molecule has 2 aromatic rings. The number of aromatic nitrogens is 2. The van der Waals surface area contributed by atoms with Gasteiger partial charge in [0.05, 0.1) is 19.3 Å². The van der Waals surface area contributed by atoms with E-state index in [1.807, 2.05) is 31.2 Å². The highest BCUT2D eigenvalue weighted by atomic mass is 16.5. The van der Waals surface area contributed by atoms with Crippen molar-refractivity contribution in [2.75, 3.05) is 31.2 Å². The number of hydrogen-bond donors (Lipinski definition) is 2. The van der Waals surface area contributed by atoms with Crippen molar-refractivity contribution < 1.29 is 14.3 Å². The number of nitrogens with zero attached hydrogens (tertiary/aromatic N) is 3.